The van der Waals surface area contributed by atoms with Gasteiger partial charge in [0.15, 0.2) is 11.8 Å². The number of amides is 3. The maximum absolute atomic E-state index is 14.3. The molecule has 1 aliphatic heterocycles. The fourth-order valence-electron chi connectivity index (χ4n) is 8.08. The molecule has 12 heteroatoms. The maximum atomic E-state index is 14.3. The van der Waals surface area contributed by atoms with Gasteiger partial charge in [-0.25, -0.2) is 4.79 Å². The predicted octanol–water partition coefficient (Wildman–Crippen LogP) is 9.14. The molecule has 12 nitrogen and oxygen atoms in total. The summed E-state index contributed by atoms with van der Waals surface area (Å²) in [5, 5.41) is 8.58. The van der Waals surface area contributed by atoms with Crippen LogP contribution in [-0.4, -0.2) is 79.1 Å². The van der Waals surface area contributed by atoms with Crippen LogP contribution in [0.3, 0.4) is 0 Å². The average Bonchev–Trinajstić information content (AvgIpc) is 3.28. The van der Waals surface area contributed by atoms with Crippen LogP contribution in [0, 0.1) is 17.8 Å². The number of unbranched alkanes of at least 4 members (excludes halogenated alkanes) is 10. The molecule has 358 valence electrons. The van der Waals surface area contributed by atoms with Crippen molar-refractivity contribution in [1.29, 1.82) is 0 Å². The third kappa shape index (κ3) is 19.6. The first-order chi connectivity index (χ1) is 30.7. The lowest BCUT2D eigenvalue weighted by Crippen LogP contribution is -2.61. The molecule has 0 aromatic heterocycles. The standard InChI is InChI=1S/C52H81N3O9/c1-10-12-13-14-15-16-17-18-19-20-27-32-44-38(5)47(64-52(8,9)63-44)39(6)48(56)54-45(37(3)4)49(57)55-46(40(7)62-35-42-30-25-22-26-31-42)50(58)53-43(51(59)61-33-11-2)36-60-34-41-28-23-21-24-29-41/h11,21-26,28-31,37-40,43-47H,2,10,12-20,27,32-36H2,1,3-9H3,(H,53,58)(H,54,56)(H,55,57)/t38-,39+,40+,43-,44+,45-,46-,47+/m0/s1. The number of carbonyl (C=O) groups excluding carboxylic acids is 4. The number of benzene rings is 2. The number of hydrogen-bond acceptors (Lipinski definition) is 9. The van der Waals surface area contributed by atoms with E-state index < -0.39 is 59.8 Å². The van der Waals surface area contributed by atoms with Crippen molar-refractivity contribution in [3.05, 3.63) is 84.4 Å². The van der Waals surface area contributed by atoms with E-state index in [0.717, 1.165) is 30.4 Å². The minimum absolute atomic E-state index is 0.0654. The number of nitrogens with one attached hydrogen (secondary N) is 3. The first kappa shape index (κ1) is 54.2. The molecule has 64 heavy (non-hydrogen) atoms. The van der Waals surface area contributed by atoms with Crippen LogP contribution in [0.1, 0.15) is 144 Å². The lowest BCUT2D eigenvalue weighted by molar-refractivity contribution is -0.325. The lowest BCUT2D eigenvalue weighted by Gasteiger charge is -2.47. The second-order valence-electron chi connectivity index (χ2n) is 18.3. The number of ether oxygens (including phenoxy) is 5. The molecule has 2 aromatic carbocycles. The highest BCUT2D eigenvalue weighted by molar-refractivity contribution is 5.94. The second kappa shape index (κ2) is 29.4. The SMILES string of the molecule is C=CCOC(=O)[C@H](COCc1ccccc1)NC(=O)[C@@H](NC(=O)[C@@H](NC(=O)[C@H](C)[C@@H]1OC(C)(C)O[C@H](CCCCCCCCCCCCC)[C@@H]1C)C(C)C)[C@@H](C)OCc1ccccc1. The Kier molecular flexibility index (Phi) is 24.9. The van der Waals surface area contributed by atoms with Crippen molar-refractivity contribution in [2.24, 2.45) is 17.8 Å². The summed E-state index contributed by atoms with van der Waals surface area (Å²) < 4.78 is 30.2. The highest BCUT2D eigenvalue weighted by Crippen LogP contribution is 2.37. The predicted molar refractivity (Wildman–Crippen MR) is 252 cm³/mol. The molecule has 3 N–H and O–H groups in total. The molecule has 1 heterocycles. The van der Waals surface area contributed by atoms with Crippen LogP contribution < -0.4 is 16.0 Å². The Morgan fingerprint density at radius 1 is 0.719 bits per heavy atom. The summed E-state index contributed by atoms with van der Waals surface area (Å²) in [7, 11) is 0. The van der Waals surface area contributed by atoms with Crippen molar-refractivity contribution >= 4 is 23.7 Å². The van der Waals surface area contributed by atoms with E-state index in [1.807, 2.05) is 95.3 Å². The van der Waals surface area contributed by atoms with E-state index in [0.29, 0.717) is 0 Å². The Morgan fingerprint density at radius 2 is 1.25 bits per heavy atom. The maximum Gasteiger partial charge on any atom is 0.331 e. The molecule has 0 unspecified atom stereocenters. The van der Waals surface area contributed by atoms with Gasteiger partial charge in [0.25, 0.3) is 0 Å². The van der Waals surface area contributed by atoms with Crippen LogP contribution >= 0.6 is 0 Å². The molecule has 0 bridgehead atoms. The summed E-state index contributed by atoms with van der Waals surface area (Å²) in [6.07, 6.45) is 14.8. The van der Waals surface area contributed by atoms with E-state index >= 15 is 0 Å². The first-order valence-corrected chi connectivity index (χ1v) is 24.0. The van der Waals surface area contributed by atoms with Gasteiger partial charge >= 0.3 is 5.97 Å². The molecule has 0 radical (unpaired) electrons. The fraction of sp³-hybridized carbons (Fsp3) is 0.654. The minimum Gasteiger partial charge on any atom is -0.460 e. The van der Waals surface area contributed by atoms with E-state index in [9.17, 15) is 19.2 Å². The quantitative estimate of drug-likeness (QED) is 0.0383. The van der Waals surface area contributed by atoms with Gasteiger partial charge in [-0.2, -0.15) is 0 Å². The van der Waals surface area contributed by atoms with Gasteiger partial charge in [0.2, 0.25) is 17.7 Å². The molecule has 8 atom stereocenters. The normalized spacial score (nSPS) is 19.4. The zero-order valence-corrected chi connectivity index (χ0v) is 40.2. The molecule has 2 aromatic rings. The number of carbonyl (C=O) groups is 4. The van der Waals surface area contributed by atoms with E-state index in [1.54, 1.807) is 6.92 Å². The number of rotatable bonds is 31. The molecule has 3 rings (SSSR count). The zero-order valence-electron chi connectivity index (χ0n) is 40.2. The molecule has 1 saturated heterocycles. The summed E-state index contributed by atoms with van der Waals surface area (Å²) in [5.41, 5.74) is 1.76. The van der Waals surface area contributed by atoms with Crippen LogP contribution in [0.15, 0.2) is 73.3 Å². The molecule has 0 saturated carbocycles. The highest BCUT2D eigenvalue weighted by atomic mass is 16.7. The van der Waals surface area contributed by atoms with Crippen LogP contribution in [0.5, 0.6) is 0 Å². The summed E-state index contributed by atoms with van der Waals surface area (Å²) >= 11 is 0. The average molecular weight is 892 g/mol. The highest BCUT2D eigenvalue weighted by Gasteiger charge is 2.45. The topological polar surface area (TPSA) is 151 Å². The Balaban J connectivity index is 1.70. The second-order valence-corrected chi connectivity index (χ2v) is 18.3. The van der Waals surface area contributed by atoms with Crippen LogP contribution in [0.25, 0.3) is 0 Å². The van der Waals surface area contributed by atoms with E-state index in [1.165, 1.54) is 63.9 Å². The summed E-state index contributed by atoms with van der Waals surface area (Å²) in [6.45, 7) is 19.0. The van der Waals surface area contributed by atoms with E-state index in [2.05, 4.69) is 36.4 Å². The van der Waals surface area contributed by atoms with Crippen molar-refractivity contribution in [1.82, 2.24) is 16.0 Å². The Hall–Kier alpha value is -4.10. The molecule has 3 amide bonds. The number of hydrogen-bond donors (Lipinski definition) is 3. The van der Waals surface area contributed by atoms with Crippen molar-refractivity contribution in [2.45, 2.75) is 188 Å². The monoisotopic (exact) mass is 892 g/mol. The fourth-order valence-corrected chi connectivity index (χ4v) is 8.08. The Morgan fingerprint density at radius 3 is 1.81 bits per heavy atom. The molecule has 1 aliphatic rings. The van der Waals surface area contributed by atoms with Gasteiger partial charge in [-0.15, -0.1) is 0 Å². The van der Waals surface area contributed by atoms with Crippen LogP contribution in [0.2, 0.25) is 0 Å². The van der Waals surface area contributed by atoms with Crippen LogP contribution in [0.4, 0.5) is 0 Å². The van der Waals surface area contributed by atoms with Crippen molar-refractivity contribution < 1.29 is 42.9 Å². The van der Waals surface area contributed by atoms with Gasteiger partial charge in [0.1, 0.15) is 18.7 Å². The van der Waals surface area contributed by atoms with Gasteiger partial charge in [-0.3, -0.25) is 14.4 Å². The first-order valence-electron chi connectivity index (χ1n) is 24.0. The van der Waals surface area contributed by atoms with Crippen molar-refractivity contribution in [2.75, 3.05) is 13.2 Å². The largest absolute Gasteiger partial charge is 0.460 e. The van der Waals surface area contributed by atoms with Gasteiger partial charge in [-0.05, 0) is 44.2 Å². The van der Waals surface area contributed by atoms with Crippen LogP contribution in [-0.2, 0) is 56.1 Å². The molecule has 0 aliphatic carbocycles. The summed E-state index contributed by atoms with van der Waals surface area (Å²) in [5.74, 6) is -4.25. The third-order valence-corrected chi connectivity index (χ3v) is 12.0. The van der Waals surface area contributed by atoms with Gasteiger partial charge in [-0.1, -0.05) is 179 Å². The summed E-state index contributed by atoms with van der Waals surface area (Å²) in [6, 6.07) is 15.4. The van der Waals surface area contributed by atoms with Crippen molar-refractivity contribution in [3.8, 4) is 0 Å². The zero-order chi connectivity index (χ0) is 46.9. The summed E-state index contributed by atoms with van der Waals surface area (Å²) in [4.78, 5) is 55.8. The lowest BCUT2D eigenvalue weighted by atomic mass is 9.84. The molecule has 0 spiro atoms. The van der Waals surface area contributed by atoms with Crippen molar-refractivity contribution in [3.63, 3.8) is 0 Å². The number of esters is 1. The molecule has 1 fully saturated rings. The van der Waals surface area contributed by atoms with E-state index in [-0.39, 0.29) is 50.3 Å². The molecular formula is C52H81N3O9. The van der Waals surface area contributed by atoms with Gasteiger partial charge < -0.3 is 39.6 Å². The minimum atomic E-state index is -1.27. The Bertz CT molecular complexity index is 1660. The Labute approximate surface area is 384 Å². The third-order valence-electron chi connectivity index (χ3n) is 12.0. The smallest absolute Gasteiger partial charge is 0.331 e. The molecular weight excluding hydrogens is 811 g/mol. The van der Waals surface area contributed by atoms with Gasteiger partial charge in [0, 0.05) is 5.92 Å². The van der Waals surface area contributed by atoms with E-state index in [4.69, 9.17) is 23.7 Å². The van der Waals surface area contributed by atoms with Gasteiger partial charge in [0.05, 0.1) is 44.1 Å².